The summed E-state index contributed by atoms with van der Waals surface area (Å²) in [5.41, 5.74) is 2.23. The molecule has 1 aromatic carbocycles. The molecule has 0 saturated carbocycles. The van der Waals surface area contributed by atoms with Gasteiger partial charge in [0.15, 0.2) is 11.6 Å². The first-order chi connectivity index (χ1) is 9.19. The summed E-state index contributed by atoms with van der Waals surface area (Å²) >= 11 is 0. The van der Waals surface area contributed by atoms with E-state index in [4.69, 9.17) is 4.74 Å². The van der Waals surface area contributed by atoms with E-state index in [-0.39, 0.29) is 12.4 Å². The number of hydrogen-bond donors (Lipinski definition) is 1. The van der Waals surface area contributed by atoms with Crippen molar-refractivity contribution in [2.24, 2.45) is 0 Å². The summed E-state index contributed by atoms with van der Waals surface area (Å²) in [6, 6.07) is 4.88. The van der Waals surface area contributed by atoms with Crippen molar-refractivity contribution in [3.8, 4) is 5.75 Å². The van der Waals surface area contributed by atoms with Gasteiger partial charge in [-0.1, -0.05) is 13.3 Å². The smallest absolute Gasteiger partial charge is 0.167 e. The summed E-state index contributed by atoms with van der Waals surface area (Å²) < 4.78 is 19.0. The quantitative estimate of drug-likeness (QED) is 0.900. The van der Waals surface area contributed by atoms with Crippen LogP contribution in [-0.2, 0) is 13.0 Å². The summed E-state index contributed by atoms with van der Waals surface area (Å²) in [5.74, 6) is -0.176. The van der Waals surface area contributed by atoms with Gasteiger partial charge < -0.3 is 9.84 Å². The van der Waals surface area contributed by atoms with E-state index in [1.54, 1.807) is 6.07 Å². The molecule has 0 spiro atoms. The lowest BCUT2D eigenvalue weighted by Gasteiger charge is -2.10. The molecule has 0 radical (unpaired) electrons. The first-order valence-corrected chi connectivity index (χ1v) is 6.55. The van der Waals surface area contributed by atoms with Crippen LogP contribution in [0.5, 0.6) is 5.75 Å². The molecule has 3 nitrogen and oxygen atoms in total. The molecule has 1 heterocycles. The molecule has 0 fully saturated rings. The zero-order valence-corrected chi connectivity index (χ0v) is 11.2. The highest BCUT2D eigenvalue weighted by Crippen LogP contribution is 2.26. The third kappa shape index (κ3) is 2.84. The summed E-state index contributed by atoms with van der Waals surface area (Å²) in [6.45, 7) is 4.22. The van der Waals surface area contributed by atoms with E-state index in [0.717, 1.165) is 29.5 Å². The van der Waals surface area contributed by atoms with E-state index >= 15 is 0 Å². The Morgan fingerprint density at radius 2 is 2.05 bits per heavy atom. The summed E-state index contributed by atoms with van der Waals surface area (Å²) in [7, 11) is 0. The van der Waals surface area contributed by atoms with Gasteiger partial charge in [-0.05, 0) is 31.0 Å². The number of aliphatic hydroxyl groups is 1. The van der Waals surface area contributed by atoms with Gasteiger partial charge in [0.25, 0.3) is 0 Å². The van der Waals surface area contributed by atoms with Gasteiger partial charge in [-0.15, -0.1) is 0 Å². The molecule has 2 rings (SSSR count). The highest BCUT2D eigenvalue weighted by Gasteiger charge is 2.10. The number of aliphatic hydroxyl groups excluding tert-OH is 1. The Kier molecular flexibility index (Phi) is 4.32. The van der Waals surface area contributed by atoms with Crippen LogP contribution in [0.25, 0.3) is 10.9 Å². The molecule has 4 heteroatoms. The highest BCUT2D eigenvalue weighted by atomic mass is 19.1. The lowest BCUT2D eigenvalue weighted by atomic mass is 10.1. The Bertz CT molecular complexity index is 584. The van der Waals surface area contributed by atoms with Crippen molar-refractivity contribution in [1.82, 2.24) is 4.98 Å². The predicted molar refractivity (Wildman–Crippen MR) is 72.8 cm³/mol. The van der Waals surface area contributed by atoms with Gasteiger partial charge in [0.1, 0.15) is 0 Å². The molecule has 19 heavy (non-hydrogen) atoms. The van der Waals surface area contributed by atoms with Crippen molar-refractivity contribution < 1.29 is 14.2 Å². The lowest BCUT2D eigenvalue weighted by Crippen LogP contribution is -2.00. The number of hydrogen-bond acceptors (Lipinski definition) is 3. The van der Waals surface area contributed by atoms with Crippen LogP contribution in [0.15, 0.2) is 18.2 Å². The molecule has 0 bridgehead atoms. The standard InChI is InChI=1S/C15H18FNO2/c1-3-5-13-11(9-18)6-10-7-15(19-4-2)12(16)8-14(10)17-13/h6-8,18H,3-5,9H2,1-2H3. The van der Waals surface area contributed by atoms with E-state index < -0.39 is 5.82 Å². The number of nitrogens with zero attached hydrogens (tertiary/aromatic N) is 1. The van der Waals surface area contributed by atoms with Gasteiger partial charge in [0, 0.05) is 17.1 Å². The summed E-state index contributed by atoms with van der Waals surface area (Å²) in [5, 5.41) is 10.2. The average Bonchev–Trinajstić information content (AvgIpc) is 2.40. The van der Waals surface area contributed by atoms with Crippen LogP contribution in [0.2, 0.25) is 0 Å². The maximum atomic E-state index is 13.8. The number of aryl methyl sites for hydroxylation is 1. The molecule has 1 aromatic heterocycles. The fourth-order valence-corrected chi connectivity index (χ4v) is 2.12. The van der Waals surface area contributed by atoms with Crippen LogP contribution in [-0.4, -0.2) is 16.7 Å². The minimum atomic E-state index is -0.402. The molecule has 0 saturated heterocycles. The van der Waals surface area contributed by atoms with E-state index in [9.17, 15) is 9.50 Å². The van der Waals surface area contributed by atoms with Crippen LogP contribution >= 0.6 is 0 Å². The monoisotopic (exact) mass is 263 g/mol. The zero-order chi connectivity index (χ0) is 13.8. The Morgan fingerprint density at radius 3 is 2.68 bits per heavy atom. The summed E-state index contributed by atoms with van der Waals surface area (Å²) in [6.07, 6.45) is 1.71. The molecule has 2 aromatic rings. The van der Waals surface area contributed by atoms with Crippen LogP contribution in [0.4, 0.5) is 4.39 Å². The van der Waals surface area contributed by atoms with Crippen molar-refractivity contribution >= 4 is 10.9 Å². The largest absolute Gasteiger partial charge is 0.491 e. The number of pyridine rings is 1. The van der Waals surface area contributed by atoms with Crippen LogP contribution in [0, 0.1) is 5.82 Å². The predicted octanol–water partition coefficient (Wildman–Crippen LogP) is 3.22. The van der Waals surface area contributed by atoms with Gasteiger partial charge in [0.05, 0.1) is 18.7 Å². The van der Waals surface area contributed by atoms with Gasteiger partial charge in [0.2, 0.25) is 0 Å². The third-order valence-corrected chi connectivity index (χ3v) is 2.99. The SMILES string of the molecule is CCCc1nc2cc(F)c(OCC)cc2cc1CO. The lowest BCUT2D eigenvalue weighted by molar-refractivity contribution is 0.280. The van der Waals surface area contributed by atoms with Gasteiger partial charge in [-0.3, -0.25) is 4.98 Å². The topological polar surface area (TPSA) is 42.4 Å². The minimum Gasteiger partial charge on any atom is -0.491 e. The Hall–Kier alpha value is -1.68. The Labute approximate surface area is 112 Å². The van der Waals surface area contributed by atoms with E-state index in [1.165, 1.54) is 6.07 Å². The number of aromatic nitrogens is 1. The highest BCUT2D eigenvalue weighted by molar-refractivity contribution is 5.81. The minimum absolute atomic E-state index is 0.0559. The summed E-state index contributed by atoms with van der Waals surface area (Å²) in [4.78, 5) is 4.44. The molecule has 0 aliphatic rings. The number of rotatable bonds is 5. The fraction of sp³-hybridized carbons (Fsp3) is 0.400. The maximum absolute atomic E-state index is 13.8. The van der Waals surface area contributed by atoms with E-state index in [2.05, 4.69) is 4.98 Å². The zero-order valence-electron chi connectivity index (χ0n) is 11.2. The molecule has 102 valence electrons. The van der Waals surface area contributed by atoms with E-state index in [0.29, 0.717) is 12.1 Å². The molecule has 0 aliphatic heterocycles. The van der Waals surface area contributed by atoms with Crippen molar-refractivity contribution in [3.63, 3.8) is 0 Å². The van der Waals surface area contributed by atoms with Crippen molar-refractivity contribution in [1.29, 1.82) is 0 Å². The number of halogens is 1. The van der Waals surface area contributed by atoms with Crippen molar-refractivity contribution in [3.05, 3.63) is 35.3 Å². The number of ether oxygens (including phenoxy) is 1. The second-order valence-electron chi connectivity index (χ2n) is 4.41. The average molecular weight is 263 g/mol. The van der Waals surface area contributed by atoms with Crippen LogP contribution in [0.3, 0.4) is 0 Å². The van der Waals surface area contributed by atoms with Gasteiger partial charge in [-0.25, -0.2) is 4.39 Å². The van der Waals surface area contributed by atoms with Crippen LogP contribution < -0.4 is 4.74 Å². The molecular weight excluding hydrogens is 245 g/mol. The molecule has 0 unspecified atom stereocenters. The number of fused-ring (bicyclic) bond motifs is 1. The molecule has 0 atom stereocenters. The first kappa shape index (κ1) is 13.7. The molecule has 1 N–H and O–H groups in total. The molecular formula is C15H18FNO2. The van der Waals surface area contributed by atoms with Crippen molar-refractivity contribution in [2.75, 3.05) is 6.61 Å². The second-order valence-corrected chi connectivity index (χ2v) is 4.41. The third-order valence-electron chi connectivity index (χ3n) is 2.99. The van der Waals surface area contributed by atoms with E-state index in [1.807, 2.05) is 19.9 Å². The first-order valence-electron chi connectivity index (χ1n) is 6.55. The molecule has 0 aliphatic carbocycles. The van der Waals surface area contributed by atoms with Crippen molar-refractivity contribution in [2.45, 2.75) is 33.3 Å². The second kappa shape index (κ2) is 5.97. The van der Waals surface area contributed by atoms with Gasteiger partial charge in [-0.2, -0.15) is 0 Å². The number of benzene rings is 1. The van der Waals surface area contributed by atoms with Gasteiger partial charge >= 0.3 is 0 Å². The Morgan fingerprint density at radius 1 is 1.26 bits per heavy atom. The normalized spacial score (nSPS) is 10.9. The Balaban J connectivity index is 2.57. The molecule has 0 amide bonds. The maximum Gasteiger partial charge on any atom is 0.167 e. The fourth-order valence-electron chi connectivity index (χ4n) is 2.12. The van der Waals surface area contributed by atoms with Crippen LogP contribution in [0.1, 0.15) is 31.5 Å².